The highest BCUT2D eigenvalue weighted by Crippen LogP contribution is 2.36. The van der Waals surface area contributed by atoms with Crippen LogP contribution in [-0.2, 0) is 6.61 Å². The van der Waals surface area contributed by atoms with E-state index in [2.05, 4.69) is 47.8 Å². The van der Waals surface area contributed by atoms with Crippen LogP contribution in [0.2, 0.25) is 0 Å². The second kappa shape index (κ2) is 7.51. The van der Waals surface area contributed by atoms with Gasteiger partial charge in [-0.25, -0.2) is 0 Å². The van der Waals surface area contributed by atoms with Crippen LogP contribution in [0.15, 0.2) is 43.7 Å². The largest absolute Gasteiger partial charge is 0.496 e. The molecule has 0 amide bonds. The maximum atomic E-state index is 5.87. The molecule has 0 spiro atoms. The lowest BCUT2D eigenvalue weighted by Gasteiger charge is -2.13. The molecule has 112 valence electrons. The molecule has 6 heteroatoms. The Balaban J connectivity index is 2.20. The highest BCUT2D eigenvalue weighted by Gasteiger charge is 2.10. The smallest absolute Gasteiger partial charge is 0.135 e. The Hall–Kier alpha value is -0.720. The van der Waals surface area contributed by atoms with E-state index < -0.39 is 0 Å². The van der Waals surface area contributed by atoms with Crippen LogP contribution in [0.25, 0.3) is 0 Å². The van der Waals surface area contributed by atoms with Crippen LogP contribution in [0.4, 0.5) is 0 Å². The van der Waals surface area contributed by atoms with Crippen LogP contribution in [-0.4, -0.2) is 14.2 Å². The average molecular weight is 481 g/mol. The van der Waals surface area contributed by atoms with E-state index in [1.165, 1.54) is 0 Å². The first-order chi connectivity index (χ1) is 10.0. The van der Waals surface area contributed by atoms with Crippen LogP contribution in [0.1, 0.15) is 5.56 Å². The molecule has 2 aromatic carbocycles. The Morgan fingerprint density at radius 3 is 2.10 bits per heavy atom. The van der Waals surface area contributed by atoms with Crippen molar-refractivity contribution in [2.24, 2.45) is 0 Å². The molecule has 0 fully saturated rings. The Bertz CT molecular complexity index is 644. The van der Waals surface area contributed by atoms with Gasteiger partial charge < -0.3 is 14.2 Å². The summed E-state index contributed by atoms with van der Waals surface area (Å²) in [7, 11) is 3.27. The summed E-state index contributed by atoms with van der Waals surface area (Å²) in [6.45, 7) is 0.403. The number of halogens is 3. The van der Waals surface area contributed by atoms with Gasteiger partial charge in [-0.1, -0.05) is 15.9 Å². The molecule has 0 saturated carbocycles. The summed E-state index contributed by atoms with van der Waals surface area (Å²) < 4.78 is 19.1. The minimum atomic E-state index is 0.403. The average Bonchev–Trinajstić information content (AvgIpc) is 2.47. The fraction of sp³-hybridized carbons (Fsp3) is 0.200. The number of hydrogen-bond donors (Lipinski definition) is 0. The second-order valence-corrected chi connectivity index (χ2v) is 6.79. The first-order valence-electron chi connectivity index (χ1n) is 6.03. The van der Waals surface area contributed by atoms with Crippen LogP contribution >= 0.6 is 47.8 Å². The van der Waals surface area contributed by atoms with Gasteiger partial charge in [0.25, 0.3) is 0 Å². The van der Waals surface area contributed by atoms with Gasteiger partial charge in [0, 0.05) is 10.0 Å². The van der Waals surface area contributed by atoms with Crippen molar-refractivity contribution in [3.05, 3.63) is 49.3 Å². The Morgan fingerprint density at radius 2 is 1.43 bits per heavy atom. The predicted octanol–water partition coefficient (Wildman–Crippen LogP) is 5.57. The summed E-state index contributed by atoms with van der Waals surface area (Å²) in [4.78, 5) is 0. The van der Waals surface area contributed by atoms with Gasteiger partial charge >= 0.3 is 0 Å². The van der Waals surface area contributed by atoms with E-state index >= 15 is 0 Å². The number of ether oxygens (including phenoxy) is 3. The third-order valence-corrected chi connectivity index (χ3v) is 4.56. The molecule has 0 atom stereocenters. The SMILES string of the molecule is COc1cc(Br)c(OCc2cc(Br)ccc2OC)cc1Br. The third kappa shape index (κ3) is 4.14. The van der Waals surface area contributed by atoms with Crippen molar-refractivity contribution in [1.29, 1.82) is 0 Å². The first kappa shape index (κ1) is 16.6. The standard InChI is InChI=1S/C15H13Br3O3/c1-19-13-4-3-10(16)5-9(13)8-21-15-7-11(17)14(20-2)6-12(15)18/h3-7H,8H2,1-2H3. The van der Waals surface area contributed by atoms with Crippen LogP contribution in [0.3, 0.4) is 0 Å². The predicted molar refractivity (Wildman–Crippen MR) is 93.4 cm³/mol. The number of hydrogen-bond acceptors (Lipinski definition) is 3. The Morgan fingerprint density at radius 1 is 0.810 bits per heavy atom. The summed E-state index contributed by atoms with van der Waals surface area (Å²) in [5.41, 5.74) is 0.964. The molecule has 2 aromatic rings. The zero-order valence-electron chi connectivity index (χ0n) is 11.5. The normalized spacial score (nSPS) is 10.3. The molecule has 0 aliphatic rings. The molecule has 0 N–H and O–H groups in total. The zero-order valence-corrected chi connectivity index (χ0v) is 16.2. The number of methoxy groups -OCH3 is 2. The fourth-order valence-corrected chi connectivity index (χ4v) is 3.12. The van der Waals surface area contributed by atoms with E-state index in [0.717, 1.165) is 36.2 Å². The molecule has 3 nitrogen and oxygen atoms in total. The van der Waals surface area contributed by atoms with Crippen molar-refractivity contribution < 1.29 is 14.2 Å². The minimum absolute atomic E-state index is 0.403. The van der Waals surface area contributed by atoms with E-state index in [0.29, 0.717) is 6.61 Å². The molecule has 0 aliphatic carbocycles. The summed E-state index contributed by atoms with van der Waals surface area (Å²) in [6.07, 6.45) is 0. The lowest BCUT2D eigenvalue weighted by atomic mass is 10.2. The van der Waals surface area contributed by atoms with Gasteiger partial charge in [0.05, 0.1) is 23.2 Å². The van der Waals surface area contributed by atoms with E-state index in [9.17, 15) is 0 Å². The monoisotopic (exact) mass is 478 g/mol. The van der Waals surface area contributed by atoms with Gasteiger partial charge in [0.1, 0.15) is 23.9 Å². The van der Waals surface area contributed by atoms with Crippen molar-refractivity contribution in [3.8, 4) is 17.2 Å². The fourth-order valence-electron chi connectivity index (χ4n) is 1.79. The molecule has 0 radical (unpaired) electrons. The lowest BCUT2D eigenvalue weighted by Crippen LogP contribution is -1.99. The van der Waals surface area contributed by atoms with Crippen molar-refractivity contribution in [3.63, 3.8) is 0 Å². The quantitative estimate of drug-likeness (QED) is 0.560. The molecule has 0 aromatic heterocycles. The highest BCUT2D eigenvalue weighted by molar-refractivity contribution is 9.11. The van der Waals surface area contributed by atoms with Gasteiger partial charge in [0.15, 0.2) is 0 Å². The van der Waals surface area contributed by atoms with E-state index in [1.807, 2.05) is 30.3 Å². The Kier molecular flexibility index (Phi) is 5.96. The first-order valence-corrected chi connectivity index (χ1v) is 8.41. The minimum Gasteiger partial charge on any atom is -0.496 e. The van der Waals surface area contributed by atoms with Gasteiger partial charge in [0.2, 0.25) is 0 Å². The van der Waals surface area contributed by atoms with Crippen molar-refractivity contribution in [2.75, 3.05) is 14.2 Å². The van der Waals surface area contributed by atoms with E-state index in [4.69, 9.17) is 14.2 Å². The molecule has 21 heavy (non-hydrogen) atoms. The van der Waals surface area contributed by atoms with Crippen LogP contribution in [0, 0.1) is 0 Å². The summed E-state index contributed by atoms with van der Waals surface area (Å²) in [5, 5.41) is 0. The maximum Gasteiger partial charge on any atom is 0.135 e. The summed E-state index contributed by atoms with van der Waals surface area (Å²) in [5.74, 6) is 2.26. The Labute approximate surface area is 149 Å². The van der Waals surface area contributed by atoms with Crippen molar-refractivity contribution in [2.45, 2.75) is 6.61 Å². The molecule has 0 saturated heterocycles. The number of benzene rings is 2. The lowest BCUT2D eigenvalue weighted by molar-refractivity contribution is 0.294. The van der Waals surface area contributed by atoms with Crippen LogP contribution < -0.4 is 14.2 Å². The van der Waals surface area contributed by atoms with Gasteiger partial charge in [-0.15, -0.1) is 0 Å². The van der Waals surface area contributed by atoms with Gasteiger partial charge in [-0.2, -0.15) is 0 Å². The highest BCUT2D eigenvalue weighted by atomic mass is 79.9. The van der Waals surface area contributed by atoms with Crippen molar-refractivity contribution in [1.82, 2.24) is 0 Å². The molecule has 0 heterocycles. The maximum absolute atomic E-state index is 5.87. The molecular formula is C15H13Br3O3. The number of rotatable bonds is 5. The molecule has 2 rings (SSSR count). The van der Waals surface area contributed by atoms with E-state index in [-0.39, 0.29) is 0 Å². The zero-order chi connectivity index (χ0) is 15.4. The van der Waals surface area contributed by atoms with Gasteiger partial charge in [-0.05, 0) is 62.2 Å². The summed E-state index contributed by atoms with van der Waals surface area (Å²) >= 11 is 10.4. The molecule has 0 unspecified atom stereocenters. The van der Waals surface area contributed by atoms with E-state index in [1.54, 1.807) is 14.2 Å². The molecular weight excluding hydrogens is 468 g/mol. The molecule has 0 bridgehead atoms. The van der Waals surface area contributed by atoms with Crippen molar-refractivity contribution >= 4 is 47.8 Å². The topological polar surface area (TPSA) is 27.7 Å². The van der Waals surface area contributed by atoms with Gasteiger partial charge in [-0.3, -0.25) is 0 Å². The summed E-state index contributed by atoms with van der Waals surface area (Å²) in [6, 6.07) is 9.54. The second-order valence-electron chi connectivity index (χ2n) is 4.16. The van der Waals surface area contributed by atoms with Crippen LogP contribution in [0.5, 0.6) is 17.2 Å². The third-order valence-electron chi connectivity index (χ3n) is 2.83. The molecule has 0 aliphatic heterocycles.